The van der Waals surface area contributed by atoms with E-state index in [4.69, 9.17) is 9.47 Å². The standard InChI is InChI=1S/C12H16F3NO3/c1-16-5-4-8-6-10(18-3)11(7-9(8)17-2)19-12(13,14)15/h6-7,16H,4-5H2,1-3H3. The average Bonchev–Trinajstić information content (AvgIpc) is 2.34. The van der Waals surface area contributed by atoms with Gasteiger partial charge in [0.2, 0.25) is 0 Å². The molecule has 0 spiro atoms. The van der Waals surface area contributed by atoms with Crippen LogP contribution in [-0.2, 0) is 6.42 Å². The van der Waals surface area contributed by atoms with Crippen molar-refractivity contribution in [2.24, 2.45) is 0 Å². The van der Waals surface area contributed by atoms with Crippen LogP contribution in [0.25, 0.3) is 0 Å². The van der Waals surface area contributed by atoms with Crippen molar-refractivity contribution in [1.82, 2.24) is 5.32 Å². The molecule has 0 heterocycles. The van der Waals surface area contributed by atoms with Crippen LogP contribution in [0, 0.1) is 0 Å². The first-order valence-electron chi connectivity index (χ1n) is 5.56. The Morgan fingerprint density at radius 2 is 1.68 bits per heavy atom. The molecule has 0 bridgehead atoms. The van der Waals surface area contributed by atoms with E-state index in [0.29, 0.717) is 18.7 Å². The maximum absolute atomic E-state index is 12.3. The zero-order valence-electron chi connectivity index (χ0n) is 10.9. The minimum atomic E-state index is -4.77. The van der Waals surface area contributed by atoms with Crippen molar-refractivity contribution >= 4 is 0 Å². The summed E-state index contributed by atoms with van der Waals surface area (Å²) in [6, 6.07) is 2.66. The SMILES string of the molecule is CNCCc1cc(OC)c(OC(F)(F)F)cc1OC. The lowest BCUT2D eigenvalue weighted by molar-refractivity contribution is -0.275. The number of nitrogens with one attached hydrogen (secondary N) is 1. The zero-order valence-corrected chi connectivity index (χ0v) is 10.9. The average molecular weight is 279 g/mol. The minimum absolute atomic E-state index is 0.0178. The molecule has 0 aliphatic rings. The minimum Gasteiger partial charge on any atom is -0.496 e. The van der Waals surface area contributed by atoms with Gasteiger partial charge in [-0.2, -0.15) is 0 Å². The number of alkyl halides is 3. The van der Waals surface area contributed by atoms with E-state index >= 15 is 0 Å². The lowest BCUT2D eigenvalue weighted by atomic mass is 10.1. The molecule has 0 amide bonds. The van der Waals surface area contributed by atoms with Crippen molar-refractivity contribution in [2.45, 2.75) is 12.8 Å². The van der Waals surface area contributed by atoms with Crippen LogP contribution in [0.1, 0.15) is 5.56 Å². The second kappa shape index (κ2) is 6.51. The van der Waals surface area contributed by atoms with Crippen LogP contribution < -0.4 is 19.5 Å². The van der Waals surface area contributed by atoms with Gasteiger partial charge in [0.05, 0.1) is 14.2 Å². The van der Waals surface area contributed by atoms with Gasteiger partial charge in [-0.3, -0.25) is 0 Å². The van der Waals surface area contributed by atoms with Gasteiger partial charge in [-0.25, -0.2) is 0 Å². The van der Waals surface area contributed by atoms with E-state index < -0.39 is 12.1 Å². The number of likely N-dealkylation sites (N-methyl/N-ethyl adjacent to an activating group) is 1. The second-order valence-corrected chi connectivity index (χ2v) is 3.72. The second-order valence-electron chi connectivity index (χ2n) is 3.72. The van der Waals surface area contributed by atoms with Crippen molar-refractivity contribution in [3.05, 3.63) is 17.7 Å². The van der Waals surface area contributed by atoms with E-state index in [1.165, 1.54) is 26.4 Å². The quantitative estimate of drug-likeness (QED) is 0.867. The molecular weight excluding hydrogens is 263 g/mol. The third-order valence-corrected chi connectivity index (χ3v) is 2.44. The maximum atomic E-state index is 12.3. The third-order valence-electron chi connectivity index (χ3n) is 2.44. The molecule has 108 valence electrons. The summed E-state index contributed by atoms with van der Waals surface area (Å²) in [5, 5.41) is 2.95. The lowest BCUT2D eigenvalue weighted by Crippen LogP contribution is -2.18. The first kappa shape index (κ1) is 15.4. The van der Waals surface area contributed by atoms with Gasteiger partial charge >= 0.3 is 6.36 Å². The fourth-order valence-electron chi connectivity index (χ4n) is 1.59. The number of hydrogen-bond acceptors (Lipinski definition) is 4. The number of benzene rings is 1. The first-order chi connectivity index (χ1) is 8.91. The highest BCUT2D eigenvalue weighted by atomic mass is 19.4. The van der Waals surface area contributed by atoms with Gasteiger partial charge in [0, 0.05) is 6.07 Å². The smallest absolute Gasteiger partial charge is 0.496 e. The number of halogens is 3. The van der Waals surface area contributed by atoms with Crippen LogP contribution in [0.5, 0.6) is 17.2 Å². The molecule has 0 aliphatic carbocycles. The number of hydrogen-bond donors (Lipinski definition) is 1. The van der Waals surface area contributed by atoms with E-state index in [0.717, 1.165) is 5.56 Å². The molecule has 0 radical (unpaired) electrons. The van der Waals surface area contributed by atoms with Crippen LogP contribution in [0.4, 0.5) is 13.2 Å². The number of ether oxygens (including phenoxy) is 3. The van der Waals surface area contributed by atoms with Crippen LogP contribution >= 0.6 is 0 Å². The highest BCUT2D eigenvalue weighted by molar-refractivity contribution is 5.51. The molecule has 0 aliphatic heterocycles. The van der Waals surface area contributed by atoms with Gasteiger partial charge in [-0.05, 0) is 31.6 Å². The molecule has 0 saturated heterocycles. The van der Waals surface area contributed by atoms with E-state index in [2.05, 4.69) is 10.1 Å². The number of rotatable bonds is 6. The molecule has 19 heavy (non-hydrogen) atoms. The van der Waals surface area contributed by atoms with Gasteiger partial charge < -0.3 is 19.5 Å². The first-order valence-corrected chi connectivity index (χ1v) is 5.56. The van der Waals surface area contributed by atoms with Gasteiger partial charge in [-0.15, -0.1) is 13.2 Å². The van der Waals surface area contributed by atoms with E-state index in [1.807, 2.05) is 0 Å². The molecule has 1 N–H and O–H groups in total. The normalized spacial score (nSPS) is 11.3. The van der Waals surface area contributed by atoms with Crippen molar-refractivity contribution in [2.75, 3.05) is 27.8 Å². The highest BCUT2D eigenvalue weighted by Gasteiger charge is 2.33. The Kier molecular flexibility index (Phi) is 5.29. The van der Waals surface area contributed by atoms with Gasteiger partial charge in [-0.1, -0.05) is 0 Å². The molecule has 4 nitrogen and oxygen atoms in total. The van der Waals surface area contributed by atoms with Crippen LogP contribution in [0.3, 0.4) is 0 Å². The van der Waals surface area contributed by atoms with E-state index in [9.17, 15) is 13.2 Å². The van der Waals surface area contributed by atoms with Crippen LogP contribution in [0.2, 0.25) is 0 Å². The van der Waals surface area contributed by atoms with E-state index in [-0.39, 0.29) is 5.75 Å². The van der Waals surface area contributed by atoms with E-state index in [1.54, 1.807) is 7.05 Å². The Morgan fingerprint density at radius 3 is 2.16 bits per heavy atom. The van der Waals surface area contributed by atoms with Gasteiger partial charge in [0.25, 0.3) is 0 Å². The Hall–Kier alpha value is -1.63. The summed E-state index contributed by atoms with van der Waals surface area (Å²) in [5.41, 5.74) is 0.739. The zero-order chi connectivity index (χ0) is 14.5. The molecular formula is C12H16F3NO3. The Morgan fingerprint density at radius 1 is 1.05 bits per heavy atom. The predicted molar refractivity (Wildman–Crippen MR) is 63.9 cm³/mol. The van der Waals surface area contributed by atoms with Crippen molar-refractivity contribution in [3.8, 4) is 17.2 Å². The fraction of sp³-hybridized carbons (Fsp3) is 0.500. The predicted octanol–water partition coefficient (Wildman–Crippen LogP) is 2.36. The third kappa shape index (κ3) is 4.51. The molecule has 0 atom stereocenters. The molecule has 7 heteroatoms. The molecule has 0 saturated carbocycles. The molecule has 1 aromatic rings. The lowest BCUT2D eigenvalue weighted by Gasteiger charge is -2.16. The van der Waals surface area contributed by atoms with Gasteiger partial charge in [0.1, 0.15) is 5.75 Å². The van der Waals surface area contributed by atoms with Crippen molar-refractivity contribution in [1.29, 1.82) is 0 Å². The summed E-state index contributed by atoms with van der Waals surface area (Å²) < 4.78 is 50.7. The summed E-state index contributed by atoms with van der Waals surface area (Å²) in [6.45, 7) is 0.666. The monoisotopic (exact) mass is 279 g/mol. The summed E-state index contributed by atoms with van der Waals surface area (Å²) in [6.07, 6.45) is -4.17. The maximum Gasteiger partial charge on any atom is 0.573 e. The summed E-state index contributed by atoms with van der Waals surface area (Å²) >= 11 is 0. The Bertz CT molecular complexity index is 421. The Labute approximate surface area is 109 Å². The topological polar surface area (TPSA) is 39.7 Å². The largest absolute Gasteiger partial charge is 0.573 e. The number of methoxy groups -OCH3 is 2. The summed E-state index contributed by atoms with van der Waals surface area (Å²) in [7, 11) is 4.46. The fourth-order valence-corrected chi connectivity index (χ4v) is 1.59. The summed E-state index contributed by atoms with van der Waals surface area (Å²) in [4.78, 5) is 0. The van der Waals surface area contributed by atoms with Crippen molar-refractivity contribution < 1.29 is 27.4 Å². The highest BCUT2D eigenvalue weighted by Crippen LogP contribution is 2.37. The van der Waals surface area contributed by atoms with Crippen molar-refractivity contribution in [3.63, 3.8) is 0 Å². The molecule has 0 aromatic heterocycles. The molecule has 1 aromatic carbocycles. The van der Waals surface area contributed by atoms with Gasteiger partial charge in [0.15, 0.2) is 11.5 Å². The molecule has 1 rings (SSSR count). The Balaban J connectivity index is 3.11. The molecule has 0 fully saturated rings. The summed E-state index contributed by atoms with van der Waals surface area (Å²) in [5.74, 6) is -0.0698. The van der Waals surface area contributed by atoms with Crippen LogP contribution in [-0.4, -0.2) is 34.2 Å². The van der Waals surface area contributed by atoms with Crippen LogP contribution in [0.15, 0.2) is 12.1 Å². The molecule has 0 unspecified atom stereocenters.